The van der Waals surface area contributed by atoms with Crippen LogP contribution in [0.4, 0.5) is 0 Å². The molecule has 0 fully saturated rings. The van der Waals surface area contributed by atoms with Crippen LogP contribution in [0, 0.1) is 0 Å². The second-order valence-corrected chi connectivity index (χ2v) is 4.31. The number of ether oxygens (including phenoxy) is 1. The van der Waals surface area contributed by atoms with E-state index in [0.717, 1.165) is 22.8 Å². The molecule has 0 amide bonds. The molecule has 0 aliphatic heterocycles. The molecule has 0 aliphatic rings. The molecule has 3 rings (SSSR count). The van der Waals surface area contributed by atoms with Gasteiger partial charge in [0.2, 0.25) is 0 Å². The molecule has 3 aromatic rings. The van der Waals surface area contributed by atoms with Gasteiger partial charge in [0.25, 0.3) is 0 Å². The maximum absolute atomic E-state index is 11.3. The van der Waals surface area contributed by atoms with Crippen LogP contribution < -0.4 is 4.74 Å². The highest BCUT2D eigenvalue weighted by Crippen LogP contribution is 2.26. The number of H-pyrrole nitrogens is 1. The maximum Gasteiger partial charge on any atom is 0.154 e. The molecule has 0 spiro atoms. The minimum Gasteiger partial charge on any atom is -0.488 e. The molecule has 0 radical (unpaired) electrons. The van der Waals surface area contributed by atoms with E-state index in [9.17, 15) is 4.79 Å². The van der Waals surface area contributed by atoms with Crippen molar-refractivity contribution >= 4 is 17.2 Å². The minimum atomic E-state index is 0.456. The van der Waals surface area contributed by atoms with Gasteiger partial charge in [0, 0.05) is 17.1 Å². The van der Waals surface area contributed by atoms with Crippen molar-refractivity contribution in [3.05, 3.63) is 65.9 Å². The van der Waals surface area contributed by atoms with E-state index in [1.807, 2.05) is 54.7 Å². The summed E-state index contributed by atoms with van der Waals surface area (Å²) in [6, 6.07) is 15.5. The van der Waals surface area contributed by atoms with Gasteiger partial charge in [-0.1, -0.05) is 30.3 Å². The Labute approximate surface area is 110 Å². The Kier molecular flexibility index (Phi) is 3.02. The number of nitrogens with one attached hydrogen (secondary N) is 1. The van der Waals surface area contributed by atoms with E-state index < -0.39 is 0 Å². The van der Waals surface area contributed by atoms with E-state index in [2.05, 4.69) is 4.98 Å². The lowest BCUT2D eigenvalue weighted by Crippen LogP contribution is -1.98. The van der Waals surface area contributed by atoms with Crippen LogP contribution in [0.25, 0.3) is 10.9 Å². The smallest absolute Gasteiger partial charge is 0.154 e. The van der Waals surface area contributed by atoms with Crippen LogP contribution in [0.15, 0.2) is 54.7 Å². The second kappa shape index (κ2) is 4.98. The highest BCUT2D eigenvalue weighted by molar-refractivity contribution is 5.99. The van der Waals surface area contributed by atoms with Crippen LogP contribution >= 0.6 is 0 Å². The number of rotatable bonds is 4. The summed E-state index contributed by atoms with van der Waals surface area (Å²) in [7, 11) is 0. The Bertz CT molecular complexity index is 701. The molecule has 1 heterocycles. The van der Waals surface area contributed by atoms with Gasteiger partial charge in [0.1, 0.15) is 12.4 Å². The zero-order valence-corrected chi connectivity index (χ0v) is 10.3. The first-order valence-corrected chi connectivity index (χ1v) is 6.10. The lowest BCUT2D eigenvalue weighted by molar-refractivity contribution is 0.112. The first-order valence-electron chi connectivity index (χ1n) is 6.10. The van der Waals surface area contributed by atoms with Crippen LogP contribution in [0.5, 0.6) is 5.75 Å². The van der Waals surface area contributed by atoms with E-state index in [1.54, 1.807) is 0 Å². The van der Waals surface area contributed by atoms with Crippen LogP contribution in [0.1, 0.15) is 15.9 Å². The number of benzene rings is 2. The molecule has 2 aromatic carbocycles. The predicted molar refractivity (Wildman–Crippen MR) is 74.5 cm³/mol. The van der Waals surface area contributed by atoms with Gasteiger partial charge in [0.05, 0.1) is 5.56 Å². The molecule has 0 saturated heterocycles. The second-order valence-electron chi connectivity index (χ2n) is 4.31. The van der Waals surface area contributed by atoms with Crippen molar-refractivity contribution in [1.82, 2.24) is 4.98 Å². The largest absolute Gasteiger partial charge is 0.488 e. The van der Waals surface area contributed by atoms with Crippen molar-refractivity contribution < 1.29 is 9.53 Å². The van der Waals surface area contributed by atoms with Crippen LogP contribution in [-0.2, 0) is 6.61 Å². The van der Waals surface area contributed by atoms with E-state index in [1.165, 1.54) is 0 Å². The van der Waals surface area contributed by atoms with E-state index in [0.29, 0.717) is 17.9 Å². The van der Waals surface area contributed by atoms with Crippen LogP contribution in [0.2, 0.25) is 0 Å². The molecule has 0 saturated carbocycles. The fourth-order valence-corrected chi connectivity index (χ4v) is 2.12. The summed E-state index contributed by atoms with van der Waals surface area (Å²) in [5, 5.41) is 0.889. The molecule has 1 aromatic heterocycles. The number of aromatic nitrogens is 1. The van der Waals surface area contributed by atoms with Gasteiger partial charge >= 0.3 is 0 Å². The molecule has 0 atom stereocenters. The Balaban J connectivity index is 1.90. The first kappa shape index (κ1) is 11.5. The average Bonchev–Trinajstić information content (AvgIpc) is 2.94. The fourth-order valence-electron chi connectivity index (χ4n) is 2.12. The third kappa shape index (κ3) is 2.22. The number of carbonyl (C=O) groups excluding carboxylic acids is 1. The highest BCUT2D eigenvalue weighted by atomic mass is 16.5. The summed E-state index contributed by atoms with van der Waals surface area (Å²) >= 11 is 0. The van der Waals surface area contributed by atoms with Crippen molar-refractivity contribution in [1.29, 1.82) is 0 Å². The monoisotopic (exact) mass is 251 g/mol. The van der Waals surface area contributed by atoms with Crippen LogP contribution in [-0.4, -0.2) is 11.3 Å². The molecule has 94 valence electrons. The molecule has 0 aliphatic carbocycles. The fraction of sp³-hybridized carbons (Fsp3) is 0.0625. The Morgan fingerprint density at radius 3 is 2.68 bits per heavy atom. The number of hydrogen-bond acceptors (Lipinski definition) is 2. The molecule has 19 heavy (non-hydrogen) atoms. The van der Waals surface area contributed by atoms with Gasteiger partial charge in [-0.2, -0.15) is 0 Å². The number of carbonyl (C=O) groups is 1. The van der Waals surface area contributed by atoms with E-state index >= 15 is 0 Å². The summed E-state index contributed by atoms with van der Waals surface area (Å²) in [6.07, 6.45) is 2.66. The van der Waals surface area contributed by atoms with Gasteiger partial charge in [-0.05, 0) is 23.8 Å². The van der Waals surface area contributed by atoms with E-state index in [4.69, 9.17) is 4.74 Å². The number of hydrogen-bond donors (Lipinski definition) is 1. The summed E-state index contributed by atoms with van der Waals surface area (Å²) in [6.45, 7) is 0.456. The number of aldehydes is 1. The zero-order valence-electron chi connectivity index (χ0n) is 10.3. The quantitative estimate of drug-likeness (QED) is 0.720. The number of fused-ring (bicyclic) bond motifs is 1. The standard InChI is InChI=1S/C16H13NO2/c18-10-14-13-8-9-17-15(13)6-7-16(14)19-11-12-4-2-1-3-5-12/h1-10,17H,11H2. The molecule has 3 heteroatoms. The molecule has 3 nitrogen and oxygen atoms in total. The highest BCUT2D eigenvalue weighted by Gasteiger charge is 2.08. The third-order valence-corrected chi connectivity index (χ3v) is 3.09. The molecule has 1 N–H and O–H groups in total. The van der Waals surface area contributed by atoms with Crippen molar-refractivity contribution in [2.45, 2.75) is 6.61 Å². The lowest BCUT2D eigenvalue weighted by atomic mass is 10.1. The summed E-state index contributed by atoms with van der Waals surface area (Å²) in [5.74, 6) is 0.617. The third-order valence-electron chi connectivity index (χ3n) is 3.09. The lowest BCUT2D eigenvalue weighted by Gasteiger charge is -2.09. The Morgan fingerprint density at radius 1 is 1.05 bits per heavy atom. The van der Waals surface area contributed by atoms with Crippen molar-refractivity contribution in [3.8, 4) is 5.75 Å². The zero-order chi connectivity index (χ0) is 13.1. The van der Waals surface area contributed by atoms with Gasteiger partial charge in [-0.15, -0.1) is 0 Å². The van der Waals surface area contributed by atoms with Gasteiger partial charge in [-0.25, -0.2) is 0 Å². The molecular formula is C16H13NO2. The van der Waals surface area contributed by atoms with Crippen molar-refractivity contribution in [2.24, 2.45) is 0 Å². The normalized spacial score (nSPS) is 10.5. The van der Waals surface area contributed by atoms with Crippen molar-refractivity contribution in [2.75, 3.05) is 0 Å². The minimum absolute atomic E-state index is 0.456. The number of aromatic amines is 1. The topological polar surface area (TPSA) is 42.1 Å². The summed E-state index contributed by atoms with van der Waals surface area (Å²) < 4.78 is 5.75. The Hall–Kier alpha value is -2.55. The SMILES string of the molecule is O=Cc1c(OCc2ccccc2)ccc2[nH]ccc12. The van der Waals surface area contributed by atoms with Crippen LogP contribution in [0.3, 0.4) is 0 Å². The molecular weight excluding hydrogens is 238 g/mol. The maximum atomic E-state index is 11.3. The Morgan fingerprint density at radius 2 is 1.89 bits per heavy atom. The van der Waals surface area contributed by atoms with Crippen molar-refractivity contribution in [3.63, 3.8) is 0 Å². The summed E-state index contributed by atoms with van der Waals surface area (Å²) in [4.78, 5) is 14.3. The van der Waals surface area contributed by atoms with Gasteiger partial charge in [0.15, 0.2) is 6.29 Å². The molecule has 0 unspecified atom stereocenters. The van der Waals surface area contributed by atoms with E-state index in [-0.39, 0.29) is 0 Å². The first-order chi connectivity index (χ1) is 9.38. The molecule has 0 bridgehead atoms. The van der Waals surface area contributed by atoms with Gasteiger partial charge in [-0.3, -0.25) is 4.79 Å². The summed E-state index contributed by atoms with van der Waals surface area (Å²) in [5.41, 5.74) is 2.61. The van der Waals surface area contributed by atoms with Gasteiger partial charge < -0.3 is 9.72 Å². The predicted octanol–water partition coefficient (Wildman–Crippen LogP) is 3.56. The average molecular weight is 251 g/mol.